The van der Waals surface area contributed by atoms with E-state index in [1.54, 1.807) is 6.20 Å². The Labute approximate surface area is 212 Å². The highest BCUT2D eigenvalue weighted by molar-refractivity contribution is 5.80. The third-order valence-electron chi connectivity index (χ3n) is 6.49. The Morgan fingerprint density at radius 1 is 1.06 bits per heavy atom. The van der Waals surface area contributed by atoms with E-state index in [0.29, 0.717) is 0 Å². The molecule has 3 aromatic heterocycles. The predicted molar refractivity (Wildman–Crippen MR) is 151 cm³/mol. The van der Waals surface area contributed by atoms with Crippen LogP contribution in [0.2, 0.25) is 0 Å². The molecule has 0 radical (unpaired) electrons. The van der Waals surface area contributed by atoms with Gasteiger partial charge in [-0.2, -0.15) is 0 Å². The first-order valence-electron chi connectivity index (χ1n) is 12.4. The minimum atomic E-state index is 0.762. The molecule has 5 nitrogen and oxygen atoms in total. The van der Waals surface area contributed by atoms with Gasteiger partial charge < -0.3 is 15.0 Å². The maximum Gasteiger partial charge on any atom is 0.137 e. The molecule has 1 aromatic carbocycles. The second kappa shape index (κ2) is 10.5. The number of benzene rings is 1. The largest absolute Gasteiger partial charge is 0.359 e. The van der Waals surface area contributed by atoms with Crippen molar-refractivity contribution < 1.29 is 0 Å². The number of hydrogen-bond donors (Lipinski definition) is 2. The van der Waals surface area contributed by atoms with E-state index in [4.69, 9.17) is 4.98 Å². The molecule has 0 saturated carbocycles. The molecule has 0 spiro atoms. The van der Waals surface area contributed by atoms with Crippen molar-refractivity contribution in [2.75, 3.05) is 10.6 Å². The van der Waals surface area contributed by atoms with Crippen LogP contribution in [-0.4, -0.2) is 14.4 Å². The monoisotopic (exact) mass is 473 g/mol. The van der Waals surface area contributed by atoms with E-state index in [1.165, 1.54) is 29.7 Å². The molecule has 0 fully saturated rings. The minimum Gasteiger partial charge on any atom is -0.359 e. The van der Waals surface area contributed by atoms with Crippen molar-refractivity contribution in [3.8, 4) is 11.3 Å². The third kappa shape index (κ3) is 5.15. The average Bonchev–Trinajstić information content (AvgIpc) is 3.34. The van der Waals surface area contributed by atoms with Crippen molar-refractivity contribution in [2.45, 2.75) is 32.6 Å². The maximum atomic E-state index is 4.86. The molecule has 1 aliphatic carbocycles. The van der Waals surface area contributed by atoms with Crippen LogP contribution in [0, 0.1) is 0 Å². The summed E-state index contributed by atoms with van der Waals surface area (Å²) < 4.78 is 2.04. The molecule has 0 saturated heterocycles. The highest BCUT2D eigenvalue weighted by Gasteiger charge is 2.16. The van der Waals surface area contributed by atoms with Gasteiger partial charge in [-0.1, -0.05) is 37.4 Å². The van der Waals surface area contributed by atoms with Crippen LogP contribution < -0.4 is 10.6 Å². The first kappa shape index (κ1) is 23.4. The van der Waals surface area contributed by atoms with Crippen molar-refractivity contribution in [1.29, 1.82) is 0 Å². The van der Waals surface area contributed by atoms with Crippen LogP contribution in [0.3, 0.4) is 0 Å². The lowest BCUT2D eigenvalue weighted by molar-refractivity contribution is 0.679. The van der Waals surface area contributed by atoms with E-state index in [-0.39, 0.29) is 0 Å². The van der Waals surface area contributed by atoms with Gasteiger partial charge in [-0.05, 0) is 86.2 Å². The number of imidazole rings is 1. The van der Waals surface area contributed by atoms with Crippen LogP contribution in [0.25, 0.3) is 22.6 Å². The summed E-state index contributed by atoms with van der Waals surface area (Å²) in [5.74, 6) is 0.762. The van der Waals surface area contributed by atoms with Crippen molar-refractivity contribution in [3.05, 3.63) is 121 Å². The number of anilines is 2. The van der Waals surface area contributed by atoms with Gasteiger partial charge in [-0.25, -0.2) is 9.97 Å². The summed E-state index contributed by atoms with van der Waals surface area (Å²) in [6.07, 6.45) is 14.3. The summed E-state index contributed by atoms with van der Waals surface area (Å²) in [5.41, 5.74) is 9.56. The summed E-state index contributed by atoms with van der Waals surface area (Å²) >= 11 is 0. The molecule has 3 heterocycles. The quantitative estimate of drug-likeness (QED) is 0.256. The Hall–Kier alpha value is -4.38. The molecule has 4 aromatic rings. The summed E-state index contributed by atoms with van der Waals surface area (Å²) in [5, 5.41) is 7.11. The van der Waals surface area contributed by atoms with Crippen LogP contribution in [0.5, 0.6) is 0 Å². The zero-order valence-electron chi connectivity index (χ0n) is 20.7. The van der Waals surface area contributed by atoms with Crippen molar-refractivity contribution in [2.24, 2.45) is 0 Å². The summed E-state index contributed by atoms with van der Waals surface area (Å²) in [6.45, 7) is 10.4. The van der Waals surface area contributed by atoms with E-state index < -0.39 is 0 Å². The van der Waals surface area contributed by atoms with Crippen LogP contribution >= 0.6 is 0 Å². The molecule has 0 amide bonds. The summed E-state index contributed by atoms with van der Waals surface area (Å²) in [7, 11) is 0. The molecule has 180 valence electrons. The van der Waals surface area contributed by atoms with E-state index in [1.807, 2.05) is 53.1 Å². The maximum absolute atomic E-state index is 4.86. The zero-order valence-corrected chi connectivity index (χ0v) is 20.7. The number of nitrogens with zero attached hydrogens (tertiary/aromatic N) is 3. The fraction of sp³-hybridized carbons (Fsp3) is 0.161. The lowest BCUT2D eigenvalue weighted by Gasteiger charge is -2.23. The highest BCUT2D eigenvalue weighted by Crippen LogP contribution is 2.33. The number of hydrogen-bond acceptors (Lipinski definition) is 4. The van der Waals surface area contributed by atoms with Gasteiger partial charge in [0.15, 0.2) is 0 Å². The molecule has 5 rings (SSSR count). The van der Waals surface area contributed by atoms with Gasteiger partial charge in [0.2, 0.25) is 0 Å². The van der Waals surface area contributed by atoms with Crippen LogP contribution in [-0.2, 0) is 0 Å². The van der Waals surface area contributed by atoms with Crippen LogP contribution in [0.15, 0.2) is 115 Å². The average molecular weight is 474 g/mol. The lowest BCUT2D eigenvalue weighted by atomic mass is 9.91. The molecule has 0 aliphatic heterocycles. The molecular formula is C31H31N5. The van der Waals surface area contributed by atoms with Gasteiger partial charge in [0.1, 0.15) is 11.5 Å². The Balaban J connectivity index is 1.56. The van der Waals surface area contributed by atoms with Gasteiger partial charge in [-0.3, -0.25) is 0 Å². The lowest BCUT2D eigenvalue weighted by Crippen LogP contribution is -2.10. The van der Waals surface area contributed by atoms with Gasteiger partial charge in [0.05, 0.1) is 5.69 Å². The molecule has 1 aliphatic rings. The SMILES string of the molecule is C=C/C=C(\C)C1=C(Nc2cc(C(=C)Nc3ccccn3)cc(-c3cn4ccccc4n3)c2)CCCC1. The van der Waals surface area contributed by atoms with Crippen LogP contribution in [0.4, 0.5) is 11.5 Å². The second-order valence-electron chi connectivity index (χ2n) is 9.08. The molecule has 36 heavy (non-hydrogen) atoms. The fourth-order valence-electron chi connectivity index (χ4n) is 4.69. The third-order valence-corrected chi connectivity index (χ3v) is 6.49. The van der Waals surface area contributed by atoms with Gasteiger partial charge in [0, 0.05) is 46.8 Å². The molecule has 5 heteroatoms. The number of pyridine rings is 2. The van der Waals surface area contributed by atoms with Crippen molar-refractivity contribution >= 4 is 22.8 Å². The Morgan fingerprint density at radius 3 is 2.72 bits per heavy atom. The molecular weight excluding hydrogens is 442 g/mol. The molecule has 2 N–H and O–H groups in total. The highest BCUT2D eigenvalue weighted by atomic mass is 15.0. The van der Waals surface area contributed by atoms with Crippen molar-refractivity contribution in [1.82, 2.24) is 14.4 Å². The fourth-order valence-corrected chi connectivity index (χ4v) is 4.69. The zero-order chi connectivity index (χ0) is 24.9. The summed E-state index contributed by atoms with van der Waals surface area (Å²) in [4.78, 5) is 9.25. The van der Waals surface area contributed by atoms with E-state index >= 15 is 0 Å². The minimum absolute atomic E-state index is 0.762. The number of fused-ring (bicyclic) bond motifs is 1. The Bertz CT molecular complexity index is 1440. The van der Waals surface area contributed by atoms with Gasteiger partial charge in [-0.15, -0.1) is 0 Å². The van der Waals surface area contributed by atoms with E-state index in [2.05, 4.69) is 66.2 Å². The first-order chi connectivity index (χ1) is 17.6. The molecule has 0 bridgehead atoms. The van der Waals surface area contributed by atoms with Gasteiger partial charge in [0.25, 0.3) is 0 Å². The smallest absolute Gasteiger partial charge is 0.137 e. The number of rotatable bonds is 8. The standard InChI is InChI=1S/C31H31N5/c1-4-11-22(2)27-12-5-6-13-28(27)34-26-19-24(23(3)33-30-14-7-9-16-32-30)18-25(20-26)29-21-36-17-10-8-15-31(36)35-29/h4,7-11,14-21,34H,1,3,5-6,12-13H2,2H3,(H,32,33)/b22-11+. The molecule has 0 unspecified atom stereocenters. The first-order valence-corrected chi connectivity index (χ1v) is 12.4. The molecule has 0 atom stereocenters. The Morgan fingerprint density at radius 2 is 1.92 bits per heavy atom. The Kier molecular flexibility index (Phi) is 6.80. The number of allylic oxidation sites excluding steroid dienone is 5. The van der Waals surface area contributed by atoms with E-state index in [0.717, 1.165) is 52.5 Å². The summed E-state index contributed by atoms with van der Waals surface area (Å²) in [6, 6.07) is 18.3. The van der Waals surface area contributed by atoms with E-state index in [9.17, 15) is 0 Å². The van der Waals surface area contributed by atoms with Gasteiger partial charge >= 0.3 is 0 Å². The normalized spacial score (nSPS) is 14.1. The number of nitrogens with one attached hydrogen (secondary N) is 2. The predicted octanol–water partition coefficient (Wildman–Crippen LogP) is 7.85. The number of aromatic nitrogens is 3. The van der Waals surface area contributed by atoms with Crippen molar-refractivity contribution in [3.63, 3.8) is 0 Å². The van der Waals surface area contributed by atoms with Crippen LogP contribution in [0.1, 0.15) is 38.2 Å². The second-order valence-corrected chi connectivity index (χ2v) is 9.08. The topological polar surface area (TPSA) is 54.2 Å².